The van der Waals surface area contributed by atoms with Crippen LogP contribution in [0, 0.1) is 0 Å². The number of hydrogen-bond acceptors (Lipinski definition) is 3. The molecule has 0 unspecified atom stereocenters. The number of nitrogens with zero attached hydrogens (tertiary/aromatic N) is 3. The number of carbonyl (C=O) groups is 1. The first-order valence-corrected chi connectivity index (χ1v) is 8.59. The fraction of sp³-hybridized carbons (Fsp3) is 0.529. The lowest BCUT2D eigenvalue weighted by Crippen LogP contribution is -2.63. The predicted molar refractivity (Wildman–Crippen MR) is 89.8 cm³/mol. The minimum Gasteiger partial charge on any atom is -0.366 e. The van der Waals surface area contributed by atoms with Crippen molar-refractivity contribution in [1.82, 2.24) is 15.1 Å². The highest BCUT2D eigenvalue weighted by atomic mass is 35.5. The van der Waals surface area contributed by atoms with Gasteiger partial charge < -0.3 is 9.80 Å². The van der Waals surface area contributed by atoms with E-state index in [9.17, 15) is 4.79 Å². The van der Waals surface area contributed by atoms with E-state index in [0.717, 1.165) is 60.4 Å². The van der Waals surface area contributed by atoms with Gasteiger partial charge >= 0.3 is 0 Å². The van der Waals surface area contributed by atoms with E-state index in [0.29, 0.717) is 0 Å². The van der Waals surface area contributed by atoms with Crippen molar-refractivity contribution in [1.29, 1.82) is 0 Å². The Bertz CT molecular complexity index is 799. The first kappa shape index (κ1) is 13.7. The number of aromatic nitrogens is 2. The number of halogens is 1. The van der Waals surface area contributed by atoms with Crippen molar-refractivity contribution >= 4 is 34.1 Å². The van der Waals surface area contributed by atoms with Gasteiger partial charge in [0, 0.05) is 36.1 Å². The smallest absolute Gasteiger partial charge is 0.220 e. The molecule has 1 N–H and O–H groups in total. The summed E-state index contributed by atoms with van der Waals surface area (Å²) >= 11 is 6.31. The third-order valence-corrected chi connectivity index (χ3v) is 5.95. The van der Waals surface area contributed by atoms with E-state index >= 15 is 0 Å². The van der Waals surface area contributed by atoms with E-state index in [1.807, 2.05) is 18.3 Å². The maximum absolute atomic E-state index is 12.2. The quantitative estimate of drug-likeness (QED) is 0.874. The minimum atomic E-state index is 0.0406. The Labute approximate surface area is 139 Å². The first-order valence-electron chi connectivity index (χ1n) is 8.22. The van der Waals surface area contributed by atoms with Gasteiger partial charge in [0.15, 0.2) is 0 Å². The monoisotopic (exact) mass is 330 g/mol. The maximum atomic E-state index is 12.2. The molecule has 1 aliphatic heterocycles. The zero-order valence-electron chi connectivity index (χ0n) is 13.1. The van der Waals surface area contributed by atoms with Gasteiger partial charge in [-0.15, -0.1) is 0 Å². The Kier molecular flexibility index (Phi) is 2.50. The summed E-state index contributed by atoms with van der Waals surface area (Å²) in [7, 11) is 0. The van der Waals surface area contributed by atoms with Gasteiger partial charge in [-0.2, -0.15) is 5.10 Å². The van der Waals surface area contributed by atoms with E-state index in [1.165, 1.54) is 0 Å². The van der Waals surface area contributed by atoms with Crippen LogP contribution in [0.5, 0.6) is 0 Å². The topological polar surface area (TPSA) is 52.2 Å². The van der Waals surface area contributed by atoms with Crippen LogP contribution in [-0.2, 0) is 4.79 Å². The lowest BCUT2D eigenvalue weighted by Gasteiger charge is -2.49. The van der Waals surface area contributed by atoms with Gasteiger partial charge in [0.05, 0.1) is 22.8 Å². The van der Waals surface area contributed by atoms with E-state index in [-0.39, 0.29) is 17.0 Å². The molecule has 0 bridgehead atoms. The van der Waals surface area contributed by atoms with Gasteiger partial charge in [-0.05, 0) is 37.8 Å². The summed E-state index contributed by atoms with van der Waals surface area (Å²) in [6.07, 6.45) is 6.32. The van der Waals surface area contributed by atoms with E-state index in [4.69, 9.17) is 11.6 Å². The molecule has 3 aliphatic rings. The molecule has 1 aromatic carbocycles. The highest BCUT2D eigenvalue weighted by molar-refractivity contribution is 6.31. The fourth-order valence-corrected chi connectivity index (χ4v) is 4.77. The molecule has 120 valence electrons. The van der Waals surface area contributed by atoms with Crippen LogP contribution in [-0.4, -0.2) is 45.2 Å². The van der Waals surface area contributed by atoms with E-state index in [2.05, 4.69) is 20.0 Å². The van der Waals surface area contributed by atoms with Crippen molar-refractivity contribution < 1.29 is 4.79 Å². The Morgan fingerprint density at radius 2 is 1.87 bits per heavy atom. The molecule has 1 aromatic heterocycles. The van der Waals surface area contributed by atoms with Crippen LogP contribution in [0.3, 0.4) is 0 Å². The third-order valence-electron chi connectivity index (χ3n) is 5.73. The Morgan fingerprint density at radius 3 is 2.43 bits per heavy atom. The zero-order valence-corrected chi connectivity index (χ0v) is 13.9. The second kappa shape index (κ2) is 4.20. The number of nitrogens with one attached hydrogen (secondary N) is 1. The summed E-state index contributed by atoms with van der Waals surface area (Å²) in [4.78, 5) is 16.9. The summed E-state index contributed by atoms with van der Waals surface area (Å²) in [5.41, 5.74) is 2.19. The van der Waals surface area contributed by atoms with Gasteiger partial charge in [0.2, 0.25) is 5.91 Å². The summed E-state index contributed by atoms with van der Waals surface area (Å²) in [6.45, 7) is 3.52. The molecule has 3 fully saturated rings. The van der Waals surface area contributed by atoms with Gasteiger partial charge in [-0.25, -0.2) is 0 Å². The molecule has 23 heavy (non-hydrogen) atoms. The van der Waals surface area contributed by atoms with Gasteiger partial charge in [0.25, 0.3) is 0 Å². The molecule has 1 amide bonds. The largest absolute Gasteiger partial charge is 0.366 e. The molecule has 2 aliphatic carbocycles. The van der Waals surface area contributed by atoms with Crippen molar-refractivity contribution in [3.8, 4) is 0 Å². The number of anilines is 1. The molecule has 0 radical (unpaired) electrons. The minimum absolute atomic E-state index is 0.0406. The SMILES string of the molecule is CC(=O)N1C2(CC2)CN(c2cc(Cl)cc3[nH]ncc23)CC12CC2. The number of rotatable bonds is 1. The number of aromatic amines is 1. The molecule has 1 saturated heterocycles. The molecule has 2 saturated carbocycles. The van der Waals surface area contributed by atoms with Crippen LogP contribution in [0.25, 0.3) is 10.9 Å². The Hall–Kier alpha value is -1.75. The summed E-state index contributed by atoms with van der Waals surface area (Å²) in [5, 5.41) is 9.02. The molecule has 2 aromatic rings. The van der Waals surface area contributed by atoms with Crippen molar-refractivity contribution in [3.63, 3.8) is 0 Å². The molecule has 6 heteroatoms. The standard InChI is InChI=1S/C17H19ClN4O/c1-11(23)22-16(2-3-16)9-21(10-17(22)4-5-17)15-7-12(18)6-14-13(15)8-19-20-14/h6-8H,2-5,9-10H2,1H3,(H,19,20). The average molecular weight is 331 g/mol. The Balaban J connectivity index is 1.60. The number of H-pyrrole nitrogens is 1. The zero-order chi connectivity index (χ0) is 15.8. The predicted octanol–water partition coefficient (Wildman–Crippen LogP) is 2.95. The molecular weight excluding hydrogens is 312 g/mol. The number of benzene rings is 1. The summed E-state index contributed by atoms with van der Waals surface area (Å²) in [5.74, 6) is 0.235. The lowest BCUT2D eigenvalue weighted by molar-refractivity contribution is -0.136. The highest BCUT2D eigenvalue weighted by Crippen LogP contribution is 2.57. The molecule has 5 nitrogen and oxygen atoms in total. The number of piperazine rings is 1. The van der Waals surface area contributed by atoms with Crippen LogP contribution < -0.4 is 4.90 Å². The number of hydrogen-bond donors (Lipinski definition) is 1. The average Bonchev–Trinajstić information content (AvgIpc) is 3.37. The second-order valence-electron chi connectivity index (χ2n) is 7.42. The van der Waals surface area contributed by atoms with Crippen LogP contribution in [0.1, 0.15) is 32.6 Å². The van der Waals surface area contributed by atoms with Crippen molar-refractivity contribution in [3.05, 3.63) is 23.4 Å². The fourth-order valence-electron chi connectivity index (χ4n) is 4.56. The summed E-state index contributed by atoms with van der Waals surface area (Å²) < 4.78 is 0. The lowest BCUT2D eigenvalue weighted by atomic mass is 10.00. The van der Waals surface area contributed by atoms with Crippen LogP contribution >= 0.6 is 11.6 Å². The Morgan fingerprint density at radius 1 is 1.22 bits per heavy atom. The maximum Gasteiger partial charge on any atom is 0.220 e. The number of fused-ring (bicyclic) bond motifs is 1. The van der Waals surface area contributed by atoms with Gasteiger partial charge in [-0.3, -0.25) is 9.89 Å². The van der Waals surface area contributed by atoms with Crippen LogP contribution in [0.2, 0.25) is 5.02 Å². The van der Waals surface area contributed by atoms with E-state index in [1.54, 1.807) is 6.92 Å². The first-order chi connectivity index (χ1) is 11.0. The van der Waals surface area contributed by atoms with Crippen LogP contribution in [0.15, 0.2) is 18.3 Å². The molecule has 0 atom stereocenters. The summed E-state index contributed by atoms with van der Waals surface area (Å²) in [6, 6.07) is 3.95. The second-order valence-corrected chi connectivity index (χ2v) is 7.85. The van der Waals surface area contributed by atoms with Crippen LogP contribution in [0.4, 0.5) is 5.69 Å². The normalized spacial score (nSPS) is 23.7. The van der Waals surface area contributed by atoms with Gasteiger partial charge in [0.1, 0.15) is 0 Å². The van der Waals surface area contributed by atoms with Crippen molar-refractivity contribution in [2.24, 2.45) is 0 Å². The van der Waals surface area contributed by atoms with E-state index < -0.39 is 0 Å². The van der Waals surface area contributed by atoms with Gasteiger partial charge in [-0.1, -0.05) is 11.6 Å². The molecule has 2 spiro atoms. The molecular formula is C17H19ClN4O. The molecule has 2 heterocycles. The molecule has 5 rings (SSSR count). The highest BCUT2D eigenvalue weighted by Gasteiger charge is 2.65. The number of amides is 1. The third kappa shape index (κ3) is 1.86. The van der Waals surface area contributed by atoms with Crippen molar-refractivity contribution in [2.75, 3.05) is 18.0 Å². The van der Waals surface area contributed by atoms with Crippen molar-refractivity contribution in [2.45, 2.75) is 43.7 Å². The number of carbonyl (C=O) groups excluding carboxylic acids is 1.